The Kier molecular flexibility index (Phi) is 6.25. The van der Waals surface area contributed by atoms with Crippen LogP contribution in [0.1, 0.15) is 32.7 Å². The first-order valence-corrected chi connectivity index (χ1v) is 10.2. The summed E-state index contributed by atoms with van der Waals surface area (Å²) < 4.78 is 40.0. The maximum Gasteiger partial charge on any atom is 0.417 e. The summed E-state index contributed by atoms with van der Waals surface area (Å²) in [5.41, 5.74) is -0.997. The molecule has 7 nitrogen and oxygen atoms in total. The summed E-state index contributed by atoms with van der Waals surface area (Å²) in [6.07, 6.45) is -1.07. The molecule has 3 aromatic rings. The Morgan fingerprint density at radius 3 is 2.42 bits per heavy atom. The normalized spacial score (nSPS) is 14.2. The Labute approximate surface area is 187 Å². The number of nitrogens with one attached hydrogen (secondary N) is 1. The predicted molar refractivity (Wildman–Crippen MR) is 116 cm³/mol. The average molecular weight is 455 g/mol. The van der Waals surface area contributed by atoms with Crippen molar-refractivity contribution in [1.29, 1.82) is 0 Å². The zero-order valence-corrected chi connectivity index (χ0v) is 17.4. The molecule has 1 aromatic carbocycles. The van der Waals surface area contributed by atoms with E-state index in [4.69, 9.17) is 0 Å². The highest BCUT2D eigenvalue weighted by Gasteiger charge is 2.36. The van der Waals surface area contributed by atoms with Gasteiger partial charge in [-0.15, -0.1) is 0 Å². The Morgan fingerprint density at radius 2 is 1.73 bits per heavy atom. The lowest BCUT2D eigenvalue weighted by molar-refractivity contribution is -0.138. The standard InChI is InChI=1S/C23H20F3N5O2/c24-23(25,26)18-7-2-1-6-17(18)22(33)31-13-5-12-30(15-31)20-10-9-16(14-28-20)21(32)29-19-8-3-4-11-27-19/h1-4,6-11,14H,5,12-13,15H2,(H,27,29,32). The Morgan fingerprint density at radius 1 is 0.939 bits per heavy atom. The molecule has 3 heterocycles. The molecule has 1 fully saturated rings. The topological polar surface area (TPSA) is 78.4 Å². The van der Waals surface area contributed by atoms with Gasteiger partial charge < -0.3 is 15.1 Å². The minimum Gasteiger partial charge on any atom is -0.339 e. The number of pyridine rings is 2. The Bertz CT molecular complexity index is 1140. The summed E-state index contributed by atoms with van der Waals surface area (Å²) >= 11 is 0. The van der Waals surface area contributed by atoms with Crippen LogP contribution in [-0.4, -0.2) is 46.4 Å². The van der Waals surface area contributed by atoms with E-state index < -0.39 is 17.6 Å². The van der Waals surface area contributed by atoms with Gasteiger partial charge in [-0.05, 0) is 42.8 Å². The van der Waals surface area contributed by atoms with E-state index >= 15 is 0 Å². The molecule has 33 heavy (non-hydrogen) atoms. The molecule has 0 unspecified atom stereocenters. The van der Waals surface area contributed by atoms with E-state index in [0.717, 1.165) is 6.07 Å². The SMILES string of the molecule is O=C(Nc1ccccn1)c1ccc(N2CCCN(C(=O)c3ccccc3C(F)(F)F)C2)nc1. The van der Waals surface area contributed by atoms with Crippen LogP contribution in [0, 0.1) is 0 Å². The zero-order valence-electron chi connectivity index (χ0n) is 17.4. The number of rotatable bonds is 4. The predicted octanol–water partition coefficient (Wildman–Crippen LogP) is 4.06. The molecule has 0 saturated carbocycles. The molecule has 1 N–H and O–H groups in total. The van der Waals surface area contributed by atoms with E-state index in [1.54, 1.807) is 41.4 Å². The second-order valence-electron chi connectivity index (χ2n) is 7.44. The van der Waals surface area contributed by atoms with Crippen molar-refractivity contribution in [3.05, 3.63) is 83.7 Å². The number of carbonyl (C=O) groups excluding carboxylic acids is 2. The number of benzene rings is 1. The van der Waals surface area contributed by atoms with Crippen molar-refractivity contribution in [2.24, 2.45) is 0 Å². The summed E-state index contributed by atoms with van der Waals surface area (Å²) in [5, 5.41) is 2.67. The lowest BCUT2D eigenvalue weighted by Crippen LogP contribution is -2.48. The number of alkyl halides is 3. The van der Waals surface area contributed by atoms with Crippen molar-refractivity contribution >= 4 is 23.5 Å². The third-order valence-corrected chi connectivity index (χ3v) is 5.19. The van der Waals surface area contributed by atoms with Gasteiger partial charge in [-0.1, -0.05) is 18.2 Å². The van der Waals surface area contributed by atoms with Crippen LogP contribution in [0.4, 0.5) is 24.8 Å². The monoisotopic (exact) mass is 455 g/mol. The van der Waals surface area contributed by atoms with Crippen LogP contribution in [0.5, 0.6) is 0 Å². The van der Waals surface area contributed by atoms with Crippen molar-refractivity contribution in [3.8, 4) is 0 Å². The van der Waals surface area contributed by atoms with Gasteiger partial charge in [-0.2, -0.15) is 13.2 Å². The molecule has 1 aliphatic rings. The second kappa shape index (κ2) is 9.27. The molecule has 1 aliphatic heterocycles. The van der Waals surface area contributed by atoms with Crippen molar-refractivity contribution in [3.63, 3.8) is 0 Å². The zero-order chi connectivity index (χ0) is 23.4. The summed E-state index contributed by atoms with van der Waals surface area (Å²) in [6.45, 7) is 1.01. The molecule has 0 radical (unpaired) electrons. The van der Waals surface area contributed by atoms with Gasteiger partial charge >= 0.3 is 6.18 Å². The van der Waals surface area contributed by atoms with Gasteiger partial charge in [0.25, 0.3) is 11.8 Å². The molecular weight excluding hydrogens is 435 g/mol. The van der Waals surface area contributed by atoms with Gasteiger partial charge in [0, 0.05) is 25.5 Å². The number of hydrogen-bond acceptors (Lipinski definition) is 5. The van der Waals surface area contributed by atoms with Crippen molar-refractivity contribution in [2.75, 3.05) is 30.0 Å². The van der Waals surface area contributed by atoms with Gasteiger partial charge in [0.2, 0.25) is 0 Å². The fourth-order valence-electron chi connectivity index (χ4n) is 3.57. The number of anilines is 2. The van der Waals surface area contributed by atoms with E-state index in [9.17, 15) is 22.8 Å². The number of amides is 2. The molecule has 1 saturated heterocycles. The summed E-state index contributed by atoms with van der Waals surface area (Å²) in [6, 6.07) is 13.2. The lowest BCUT2D eigenvalue weighted by Gasteiger charge is -2.36. The van der Waals surface area contributed by atoms with Gasteiger partial charge in [0.05, 0.1) is 23.4 Å². The quantitative estimate of drug-likeness (QED) is 0.642. The average Bonchev–Trinajstić information content (AvgIpc) is 2.84. The maximum absolute atomic E-state index is 13.3. The molecule has 4 rings (SSSR count). The van der Waals surface area contributed by atoms with E-state index in [2.05, 4.69) is 15.3 Å². The second-order valence-corrected chi connectivity index (χ2v) is 7.44. The first-order valence-electron chi connectivity index (χ1n) is 10.2. The molecule has 2 aromatic heterocycles. The highest BCUT2D eigenvalue weighted by molar-refractivity contribution is 6.03. The van der Waals surface area contributed by atoms with Gasteiger partial charge in [0.1, 0.15) is 11.6 Å². The van der Waals surface area contributed by atoms with E-state index in [0.29, 0.717) is 36.7 Å². The number of aromatic nitrogens is 2. The number of carbonyl (C=O) groups is 2. The fraction of sp³-hybridized carbons (Fsp3) is 0.217. The largest absolute Gasteiger partial charge is 0.417 e. The Hall–Kier alpha value is -3.95. The van der Waals surface area contributed by atoms with Gasteiger partial charge in [-0.25, -0.2) is 9.97 Å². The first kappa shape index (κ1) is 22.3. The molecule has 0 atom stereocenters. The molecule has 10 heteroatoms. The molecule has 2 amide bonds. The maximum atomic E-state index is 13.3. The summed E-state index contributed by atoms with van der Waals surface area (Å²) in [5.74, 6) is -0.118. The van der Waals surface area contributed by atoms with Crippen LogP contribution in [-0.2, 0) is 6.18 Å². The van der Waals surface area contributed by atoms with E-state index in [1.807, 2.05) is 0 Å². The smallest absolute Gasteiger partial charge is 0.339 e. The minimum atomic E-state index is -4.62. The first-order chi connectivity index (χ1) is 15.8. The fourth-order valence-corrected chi connectivity index (χ4v) is 3.57. The third kappa shape index (κ3) is 5.11. The number of halogens is 3. The minimum absolute atomic E-state index is 0.0947. The van der Waals surface area contributed by atoms with Gasteiger partial charge in [0.15, 0.2) is 0 Å². The summed E-state index contributed by atoms with van der Waals surface area (Å²) in [7, 11) is 0. The highest BCUT2D eigenvalue weighted by Crippen LogP contribution is 2.32. The van der Waals surface area contributed by atoms with Crippen LogP contribution in [0.2, 0.25) is 0 Å². The van der Waals surface area contributed by atoms with Crippen LogP contribution in [0.3, 0.4) is 0 Å². The molecule has 0 aliphatic carbocycles. The highest BCUT2D eigenvalue weighted by atomic mass is 19.4. The third-order valence-electron chi connectivity index (χ3n) is 5.19. The van der Waals surface area contributed by atoms with Crippen LogP contribution < -0.4 is 10.2 Å². The molecule has 0 spiro atoms. The van der Waals surface area contributed by atoms with Gasteiger partial charge in [-0.3, -0.25) is 9.59 Å². The van der Waals surface area contributed by atoms with Crippen molar-refractivity contribution < 1.29 is 22.8 Å². The van der Waals surface area contributed by atoms with E-state index in [1.165, 1.54) is 29.3 Å². The number of hydrogen-bond donors (Lipinski definition) is 1. The molecule has 170 valence electrons. The molecular formula is C23H20F3N5O2. The Balaban J connectivity index is 1.46. The van der Waals surface area contributed by atoms with Crippen LogP contribution in [0.15, 0.2) is 67.0 Å². The van der Waals surface area contributed by atoms with Crippen molar-refractivity contribution in [1.82, 2.24) is 14.9 Å². The number of nitrogens with zero attached hydrogens (tertiary/aromatic N) is 4. The molecule has 0 bridgehead atoms. The van der Waals surface area contributed by atoms with Crippen LogP contribution >= 0.6 is 0 Å². The summed E-state index contributed by atoms with van der Waals surface area (Å²) in [4.78, 5) is 36.8. The van der Waals surface area contributed by atoms with Crippen molar-refractivity contribution in [2.45, 2.75) is 12.6 Å². The van der Waals surface area contributed by atoms with E-state index in [-0.39, 0.29) is 18.1 Å². The van der Waals surface area contributed by atoms with Crippen LogP contribution in [0.25, 0.3) is 0 Å². The lowest BCUT2D eigenvalue weighted by atomic mass is 10.1.